The molecule has 0 aromatic heterocycles. The van der Waals surface area contributed by atoms with Gasteiger partial charge in [-0.1, -0.05) is 6.42 Å². The van der Waals surface area contributed by atoms with Gasteiger partial charge in [-0.2, -0.15) is 11.8 Å². The number of carbonyl (C=O) groups excluding carboxylic acids is 2. The van der Waals surface area contributed by atoms with Crippen molar-refractivity contribution in [3.63, 3.8) is 0 Å². The van der Waals surface area contributed by atoms with Gasteiger partial charge in [0.1, 0.15) is 6.04 Å². The minimum absolute atomic E-state index is 0.0452. The molecule has 0 aromatic rings. The molecule has 1 N–H and O–H groups in total. The first-order chi connectivity index (χ1) is 7.65. The maximum Gasteiger partial charge on any atom is 0.245 e. The molecule has 1 rings (SSSR count). The molecule has 1 saturated heterocycles. The lowest BCUT2D eigenvalue weighted by atomic mass is 10.2. The van der Waals surface area contributed by atoms with Crippen molar-refractivity contribution >= 4 is 23.6 Å². The van der Waals surface area contributed by atoms with Crippen LogP contribution in [0.1, 0.15) is 26.2 Å². The molecule has 1 aliphatic rings. The average Bonchev–Trinajstić information content (AvgIpc) is 2.24. The van der Waals surface area contributed by atoms with Gasteiger partial charge < -0.3 is 10.2 Å². The Kier molecular flexibility index (Phi) is 5.66. The molecular weight excluding hydrogens is 224 g/mol. The molecule has 0 aliphatic carbocycles. The molecule has 2 amide bonds. The Balaban J connectivity index is 2.24. The summed E-state index contributed by atoms with van der Waals surface area (Å²) in [6.07, 6.45) is 5.40. The summed E-state index contributed by atoms with van der Waals surface area (Å²) >= 11 is 1.84. The van der Waals surface area contributed by atoms with E-state index in [-0.39, 0.29) is 24.4 Å². The number of hydrogen-bond acceptors (Lipinski definition) is 3. The third-order valence-corrected chi connectivity index (χ3v) is 3.37. The van der Waals surface area contributed by atoms with Gasteiger partial charge in [-0.3, -0.25) is 9.59 Å². The third-order valence-electron chi connectivity index (χ3n) is 2.67. The summed E-state index contributed by atoms with van der Waals surface area (Å²) < 4.78 is 0. The average molecular weight is 244 g/mol. The number of thioether (sulfide) groups is 1. The van der Waals surface area contributed by atoms with E-state index < -0.39 is 0 Å². The van der Waals surface area contributed by atoms with Gasteiger partial charge in [0.2, 0.25) is 11.8 Å². The Hall–Kier alpha value is -0.710. The Morgan fingerprint density at radius 3 is 2.81 bits per heavy atom. The SMILES string of the molecule is CSCCCCCN1CC(=O)NC(C)C1=O. The quantitative estimate of drug-likeness (QED) is 0.705. The van der Waals surface area contributed by atoms with Gasteiger partial charge in [0, 0.05) is 6.54 Å². The number of amides is 2. The number of unbranched alkanes of at least 4 members (excludes halogenated alkanes) is 2. The van der Waals surface area contributed by atoms with Gasteiger partial charge in [0.15, 0.2) is 0 Å². The molecule has 5 heteroatoms. The molecule has 0 saturated carbocycles. The van der Waals surface area contributed by atoms with Crippen LogP contribution in [-0.2, 0) is 9.59 Å². The van der Waals surface area contributed by atoms with Crippen molar-refractivity contribution in [1.82, 2.24) is 10.2 Å². The molecule has 16 heavy (non-hydrogen) atoms. The fraction of sp³-hybridized carbons (Fsp3) is 0.818. The normalized spacial score (nSPS) is 21.1. The highest BCUT2D eigenvalue weighted by Gasteiger charge is 2.28. The van der Waals surface area contributed by atoms with Gasteiger partial charge in [-0.05, 0) is 31.8 Å². The highest BCUT2D eigenvalue weighted by Crippen LogP contribution is 2.07. The zero-order valence-electron chi connectivity index (χ0n) is 9.99. The van der Waals surface area contributed by atoms with E-state index in [2.05, 4.69) is 11.6 Å². The molecule has 0 aromatic carbocycles. The molecule has 0 spiro atoms. The van der Waals surface area contributed by atoms with Crippen molar-refractivity contribution in [3.05, 3.63) is 0 Å². The fourth-order valence-corrected chi connectivity index (χ4v) is 2.28. The lowest BCUT2D eigenvalue weighted by Gasteiger charge is -2.30. The predicted molar refractivity (Wildman–Crippen MR) is 66.4 cm³/mol. The van der Waals surface area contributed by atoms with Gasteiger partial charge in [0.05, 0.1) is 6.54 Å². The third kappa shape index (κ3) is 4.04. The Morgan fingerprint density at radius 1 is 1.38 bits per heavy atom. The zero-order valence-corrected chi connectivity index (χ0v) is 10.8. The monoisotopic (exact) mass is 244 g/mol. The molecule has 1 fully saturated rings. The van der Waals surface area contributed by atoms with Crippen LogP contribution in [0.2, 0.25) is 0 Å². The molecule has 1 atom stereocenters. The van der Waals surface area contributed by atoms with Gasteiger partial charge >= 0.3 is 0 Å². The number of hydrogen-bond donors (Lipinski definition) is 1. The number of nitrogens with one attached hydrogen (secondary N) is 1. The first-order valence-electron chi connectivity index (χ1n) is 5.72. The second-order valence-electron chi connectivity index (χ2n) is 4.10. The molecule has 92 valence electrons. The highest BCUT2D eigenvalue weighted by atomic mass is 32.2. The van der Waals surface area contributed by atoms with E-state index in [1.165, 1.54) is 12.2 Å². The van der Waals surface area contributed by atoms with Gasteiger partial charge in [-0.25, -0.2) is 0 Å². The summed E-state index contributed by atoms with van der Waals surface area (Å²) in [5, 5.41) is 2.64. The topological polar surface area (TPSA) is 49.4 Å². The minimum Gasteiger partial charge on any atom is -0.343 e. The van der Waals surface area contributed by atoms with E-state index in [0.717, 1.165) is 12.8 Å². The highest BCUT2D eigenvalue weighted by molar-refractivity contribution is 7.98. The van der Waals surface area contributed by atoms with Crippen LogP contribution in [0.15, 0.2) is 0 Å². The van der Waals surface area contributed by atoms with Crippen molar-refractivity contribution in [2.45, 2.75) is 32.2 Å². The lowest BCUT2D eigenvalue weighted by Crippen LogP contribution is -2.56. The summed E-state index contributed by atoms with van der Waals surface area (Å²) in [7, 11) is 0. The van der Waals surface area contributed by atoms with E-state index in [0.29, 0.717) is 6.54 Å². The Morgan fingerprint density at radius 2 is 2.12 bits per heavy atom. The standard InChI is InChI=1S/C11H20N2O2S/c1-9-11(15)13(8-10(14)12-9)6-4-3-5-7-16-2/h9H,3-8H2,1-2H3,(H,12,14). The molecule has 4 nitrogen and oxygen atoms in total. The van der Waals surface area contributed by atoms with Gasteiger partial charge in [0.25, 0.3) is 0 Å². The van der Waals surface area contributed by atoms with Crippen molar-refractivity contribution in [1.29, 1.82) is 0 Å². The number of rotatable bonds is 6. The van der Waals surface area contributed by atoms with Crippen LogP contribution in [0.4, 0.5) is 0 Å². The summed E-state index contributed by atoms with van der Waals surface area (Å²) in [6, 6.07) is -0.354. The maximum atomic E-state index is 11.7. The van der Waals surface area contributed by atoms with E-state index in [4.69, 9.17) is 0 Å². The van der Waals surface area contributed by atoms with Crippen molar-refractivity contribution in [3.8, 4) is 0 Å². The predicted octanol–water partition coefficient (Wildman–Crippen LogP) is 0.867. The Bertz CT molecular complexity index is 258. The summed E-state index contributed by atoms with van der Waals surface area (Å²) in [5.41, 5.74) is 0. The smallest absolute Gasteiger partial charge is 0.245 e. The van der Waals surface area contributed by atoms with E-state index in [1.807, 2.05) is 11.8 Å². The lowest BCUT2D eigenvalue weighted by molar-refractivity contribution is -0.143. The van der Waals surface area contributed by atoms with E-state index in [1.54, 1.807) is 11.8 Å². The molecule has 0 bridgehead atoms. The maximum absolute atomic E-state index is 11.7. The van der Waals surface area contributed by atoms with Crippen molar-refractivity contribution in [2.24, 2.45) is 0 Å². The van der Waals surface area contributed by atoms with Crippen LogP contribution >= 0.6 is 11.8 Å². The first-order valence-corrected chi connectivity index (χ1v) is 7.11. The number of piperazine rings is 1. The minimum atomic E-state index is -0.354. The van der Waals surface area contributed by atoms with Crippen LogP contribution in [0.3, 0.4) is 0 Å². The second kappa shape index (κ2) is 6.78. The number of nitrogens with zero attached hydrogens (tertiary/aromatic N) is 1. The molecule has 1 heterocycles. The summed E-state index contributed by atoms with van der Waals surface area (Å²) in [6.45, 7) is 2.68. The summed E-state index contributed by atoms with van der Waals surface area (Å²) in [5.74, 6) is 1.17. The second-order valence-corrected chi connectivity index (χ2v) is 5.09. The summed E-state index contributed by atoms with van der Waals surface area (Å²) in [4.78, 5) is 24.6. The van der Waals surface area contributed by atoms with Crippen molar-refractivity contribution in [2.75, 3.05) is 25.1 Å². The molecular formula is C11H20N2O2S. The van der Waals surface area contributed by atoms with Crippen LogP contribution in [-0.4, -0.2) is 47.9 Å². The van der Waals surface area contributed by atoms with Gasteiger partial charge in [-0.15, -0.1) is 0 Å². The first kappa shape index (κ1) is 13.4. The van der Waals surface area contributed by atoms with Crippen molar-refractivity contribution < 1.29 is 9.59 Å². The zero-order chi connectivity index (χ0) is 12.0. The largest absolute Gasteiger partial charge is 0.343 e. The molecule has 1 unspecified atom stereocenters. The Labute approximate surface area is 101 Å². The van der Waals surface area contributed by atoms with Crippen LogP contribution < -0.4 is 5.32 Å². The van der Waals surface area contributed by atoms with E-state index >= 15 is 0 Å². The van der Waals surface area contributed by atoms with Crippen LogP contribution in [0.25, 0.3) is 0 Å². The molecule has 0 radical (unpaired) electrons. The van der Waals surface area contributed by atoms with Crippen LogP contribution in [0, 0.1) is 0 Å². The van der Waals surface area contributed by atoms with Crippen LogP contribution in [0.5, 0.6) is 0 Å². The molecule has 1 aliphatic heterocycles. The fourth-order valence-electron chi connectivity index (χ4n) is 1.79. The number of carbonyl (C=O) groups is 2. The van der Waals surface area contributed by atoms with E-state index in [9.17, 15) is 9.59 Å².